The molecule has 1 N–H and O–H groups in total. The second-order valence-electron chi connectivity index (χ2n) is 6.32. The van der Waals surface area contributed by atoms with E-state index in [1.165, 1.54) is 0 Å². The van der Waals surface area contributed by atoms with Crippen LogP contribution in [-0.4, -0.2) is 38.6 Å². The largest absolute Gasteiger partial charge is 0.478 e. The summed E-state index contributed by atoms with van der Waals surface area (Å²) in [5.41, 5.74) is 0.430. The summed E-state index contributed by atoms with van der Waals surface area (Å²) >= 11 is 2.27. The molecule has 128 valence electrons. The Labute approximate surface area is 151 Å². The van der Waals surface area contributed by atoms with Gasteiger partial charge in [-0.05, 0) is 51.8 Å². The molecule has 0 aliphatic rings. The van der Waals surface area contributed by atoms with Gasteiger partial charge in [-0.2, -0.15) is 0 Å². The fourth-order valence-electron chi connectivity index (χ4n) is 2.11. The number of hydrogen-bond donors (Lipinski definition) is 1. The molecule has 0 saturated carbocycles. The van der Waals surface area contributed by atoms with Crippen molar-refractivity contribution in [1.29, 1.82) is 0 Å². The van der Waals surface area contributed by atoms with Gasteiger partial charge in [0.25, 0.3) is 0 Å². The minimum Gasteiger partial charge on any atom is -0.478 e. The number of hydrogen-bond acceptors (Lipinski definition) is 3. The Morgan fingerprint density at radius 2 is 2.00 bits per heavy atom. The maximum absolute atomic E-state index is 12.5. The number of alkyl halides is 1. The molecule has 0 aliphatic carbocycles. The smallest absolute Gasteiger partial charge is 0.410 e. The molecular formula is C17H24INO4. The van der Waals surface area contributed by atoms with Crippen molar-refractivity contribution in [1.82, 2.24) is 4.90 Å². The van der Waals surface area contributed by atoms with Gasteiger partial charge in [0.1, 0.15) is 5.60 Å². The van der Waals surface area contributed by atoms with Crippen LogP contribution in [0.3, 0.4) is 0 Å². The number of carboxylic acid groups (broad SMARTS) is 1. The SMILES string of the molecule is CC(c1cccc(C(=O)O)c1)N(CCCI)C(=O)OC(C)(C)C. The second-order valence-corrected chi connectivity index (χ2v) is 7.40. The van der Waals surface area contributed by atoms with Crippen LogP contribution in [0.1, 0.15) is 56.1 Å². The zero-order valence-corrected chi connectivity index (χ0v) is 16.2. The van der Waals surface area contributed by atoms with Gasteiger partial charge in [0, 0.05) is 11.0 Å². The minimum atomic E-state index is -0.977. The highest BCUT2D eigenvalue weighted by Crippen LogP contribution is 2.24. The van der Waals surface area contributed by atoms with Crippen molar-refractivity contribution in [2.45, 2.75) is 45.8 Å². The van der Waals surface area contributed by atoms with Crippen LogP contribution in [0.5, 0.6) is 0 Å². The molecule has 0 fully saturated rings. The monoisotopic (exact) mass is 433 g/mol. The Balaban J connectivity index is 3.03. The lowest BCUT2D eigenvalue weighted by Crippen LogP contribution is -2.39. The first kappa shape index (κ1) is 19.7. The van der Waals surface area contributed by atoms with Crippen LogP contribution in [0.25, 0.3) is 0 Å². The number of aromatic carboxylic acids is 1. The molecule has 1 amide bonds. The maximum Gasteiger partial charge on any atom is 0.410 e. The molecule has 1 unspecified atom stereocenters. The molecule has 1 atom stereocenters. The van der Waals surface area contributed by atoms with E-state index in [-0.39, 0.29) is 17.7 Å². The molecule has 0 saturated heterocycles. The summed E-state index contributed by atoms with van der Waals surface area (Å²) in [6.45, 7) is 7.94. The van der Waals surface area contributed by atoms with Crippen molar-refractivity contribution in [3.63, 3.8) is 0 Å². The van der Waals surface area contributed by atoms with Crippen molar-refractivity contribution in [3.05, 3.63) is 35.4 Å². The summed E-state index contributed by atoms with van der Waals surface area (Å²) < 4.78 is 6.41. The first-order valence-corrected chi connectivity index (χ1v) is 9.07. The number of carbonyl (C=O) groups is 2. The van der Waals surface area contributed by atoms with Crippen molar-refractivity contribution < 1.29 is 19.4 Å². The molecule has 1 aromatic rings. The van der Waals surface area contributed by atoms with Crippen LogP contribution < -0.4 is 0 Å². The van der Waals surface area contributed by atoms with E-state index >= 15 is 0 Å². The molecule has 0 heterocycles. The molecule has 0 spiro atoms. The normalized spacial score (nSPS) is 12.6. The Bertz CT molecular complexity index is 554. The third kappa shape index (κ3) is 6.37. The Morgan fingerprint density at radius 3 is 2.52 bits per heavy atom. The summed E-state index contributed by atoms with van der Waals surface area (Å²) in [5, 5.41) is 9.13. The van der Waals surface area contributed by atoms with Gasteiger partial charge in [-0.25, -0.2) is 9.59 Å². The number of ether oxygens (including phenoxy) is 1. The van der Waals surface area contributed by atoms with Gasteiger partial charge >= 0.3 is 12.1 Å². The van der Waals surface area contributed by atoms with E-state index < -0.39 is 11.6 Å². The zero-order chi connectivity index (χ0) is 17.6. The van der Waals surface area contributed by atoms with Crippen molar-refractivity contribution in [2.75, 3.05) is 11.0 Å². The molecule has 0 bridgehead atoms. The quantitative estimate of drug-likeness (QED) is 0.530. The summed E-state index contributed by atoms with van der Waals surface area (Å²) in [7, 11) is 0. The predicted octanol–water partition coefficient (Wildman–Crippen LogP) is 4.51. The van der Waals surface area contributed by atoms with E-state index in [1.807, 2.05) is 33.8 Å². The van der Waals surface area contributed by atoms with Gasteiger partial charge in [-0.3, -0.25) is 0 Å². The third-order valence-corrected chi connectivity index (χ3v) is 4.01. The average molecular weight is 433 g/mol. The minimum absolute atomic E-state index is 0.215. The van der Waals surface area contributed by atoms with Crippen molar-refractivity contribution in [2.24, 2.45) is 0 Å². The molecular weight excluding hydrogens is 409 g/mol. The van der Waals surface area contributed by atoms with Gasteiger partial charge in [0.2, 0.25) is 0 Å². The van der Waals surface area contributed by atoms with Gasteiger partial charge in [-0.1, -0.05) is 34.7 Å². The van der Waals surface area contributed by atoms with Crippen LogP contribution in [0.15, 0.2) is 24.3 Å². The summed E-state index contributed by atoms with van der Waals surface area (Å²) in [5.74, 6) is -0.977. The molecule has 5 nitrogen and oxygen atoms in total. The fourth-order valence-corrected chi connectivity index (χ4v) is 2.45. The topological polar surface area (TPSA) is 66.8 Å². The first-order valence-electron chi connectivity index (χ1n) is 7.54. The van der Waals surface area contributed by atoms with Crippen molar-refractivity contribution in [3.8, 4) is 0 Å². The average Bonchev–Trinajstić information content (AvgIpc) is 2.45. The third-order valence-electron chi connectivity index (χ3n) is 3.24. The first-order chi connectivity index (χ1) is 10.7. The zero-order valence-electron chi connectivity index (χ0n) is 14.0. The van der Waals surface area contributed by atoms with Crippen LogP contribution >= 0.6 is 22.6 Å². The summed E-state index contributed by atoms with van der Waals surface area (Å²) in [4.78, 5) is 25.3. The van der Waals surface area contributed by atoms with E-state index in [0.717, 1.165) is 16.4 Å². The highest BCUT2D eigenvalue weighted by atomic mass is 127. The highest BCUT2D eigenvalue weighted by Gasteiger charge is 2.26. The number of halogens is 1. The summed E-state index contributed by atoms with van der Waals surface area (Å²) in [6.07, 6.45) is 0.471. The number of nitrogens with zero attached hydrogens (tertiary/aromatic N) is 1. The molecule has 23 heavy (non-hydrogen) atoms. The number of amides is 1. The molecule has 6 heteroatoms. The molecule has 1 rings (SSSR count). The lowest BCUT2D eigenvalue weighted by Gasteiger charge is -2.32. The molecule has 1 aromatic carbocycles. The van der Waals surface area contributed by atoms with Gasteiger partial charge in [0.05, 0.1) is 11.6 Å². The standard InChI is InChI=1S/C17H24INO4/c1-12(13-7-5-8-14(11-13)15(20)21)19(10-6-9-18)16(22)23-17(2,3)4/h5,7-8,11-12H,6,9-10H2,1-4H3,(H,20,21). The Kier molecular flexibility index (Phi) is 7.31. The fraction of sp³-hybridized carbons (Fsp3) is 0.529. The summed E-state index contributed by atoms with van der Waals surface area (Å²) in [6, 6.07) is 6.42. The van der Waals surface area contributed by atoms with Crippen LogP contribution in [0, 0.1) is 0 Å². The number of benzene rings is 1. The van der Waals surface area contributed by atoms with E-state index in [4.69, 9.17) is 9.84 Å². The number of rotatable bonds is 6. The number of carboxylic acids is 1. The molecule has 0 aliphatic heterocycles. The van der Waals surface area contributed by atoms with E-state index in [0.29, 0.717) is 6.54 Å². The van der Waals surface area contributed by atoms with E-state index in [1.54, 1.807) is 23.1 Å². The van der Waals surface area contributed by atoms with Crippen LogP contribution in [-0.2, 0) is 4.74 Å². The highest BCUT2D eigenvalue weighted by molar-refractivity contribution is 14.1. The second kappa shape index (κ2) is 8.52. The van der Waals surface area contributed by atoms with E-state index in [9.17, 15) is 9.59 Å². The molecule has 0 radical (unpaired) electrons. The van der Waals surface area contributed by atoms with Gasteiger partial charge in [-0.15, -0.1) is 0 Å². The van der Waals surface area contributed by atoms with Crippen molar-refractivity contribution >= 4 is 34.7 Å². The Hall–Kier alpha value is -1.31. The lowest BCUT2D eigenvalue weighted by atomic mass is 10.0. The van der Waals surface area contributed by atoms with Gasteiger partial charge < -0.3 is 14.7 Å². The van der Waals surface area contributed by atoms with Crippen LogP contribution in [0.4, 0.5) is 4.79 Å². The van der Waals surface area contributed by atoms with Crippen LogP contribution in [0.2, 0.25) is 0 Å². The van der Waals surface area contributed by atoms with E-state index in [2.05, 4.69) is 22.6 Å². The molecule has 0 aromatic heterocycles. The Morgan fingerprint density at radius 1 is 1.35 bits per heavy atom. The maximum atomic E-state index is 12.5. The predicted molar refractivity (Wildman–Crippen MR) is 98.3 cm³/mol. The lowest BCUT2D eigenvalue weighted by molar-refractivity contribution is 0.0174. The van der Waals surface area contributed by atoms with Gasteiger partial charge in [0.15, 0.2) is 0 Å². The number of carbonyl (C=O) groups excluding carboxylic acids is 1.